The molecule has 216 valence electrons. The third-order valence-corrected chi connectivity index (χ3v) is 5.91. The molecule has 0 saturated carbocycles. The van der Waals surface area contributed by atoms with Gasteiger partial charge in [0.1, 0.15) is 24.0 Å². The number of aliphatic hydroxyl groups excluding tert-OH is 1. The average molecular weight is 573 g/mol. The summed E-state index contributed by atoms with van der Waals surface area (Å²) in [7, 11) is 0. The molecule has 2 atom stereocenters. The minimum Gasteiger partial charge on any atom is -0.488 e. The number of alkyl halides is 6. The highest BCUT2D eigenvalue weighted by molar-refractivity contribution is 5.69. The monoisotopic (exact) mass is 573 g/mol. The zero-order chi connectivity index (χ0) is 29.5. The van der Waals surface area contributed by atoms with Gasteiger partial charge in [0, 0.05) is 12.1 Å². The van der Waals surface area contributed by atoms with Crippen molar-refractivity contribution in [2.24, 2.45) is 0 Å². The molecule has 1 saturated heterocycles. The summed E-state index contributed by atoms with van der Waals surface area (Å²) in [6.07, 6.45) is -11.0. The van der Waals surface area contributed by atoms with Gasteiger partial charge in [0.25, 0.3) is 5.89 Å². The Balaban J connectivity index is 1.55. The highest BCUT2D eigenvalue weighted by Gasteiger charge is 2.43. The molecule has 0 aliphatic carbocycles. The number of aromatic nitrogens is 2. The highest BCUT2D eigenvalue weighted by Crippen LogP contribution is 2.40. The van der Waals surface area contributed by atoms with E-state index in [1.165, 1.54) is 11.0 Å². The Hall–Kier alpha value is -3.81. The van der Waals surface area contributed by atoms with Gasteiger partial charge >= 0.3 is 18.4 Å². The zero-order valence-corrected chi connectivity index (χ0v) is 21.5. The maximum atomic E-state index is 13.9. The standard InChI is InChI=1S/C26H25F6N3O5/c1-24(2,3)39-23(37)35-11-10-18(36)20(35)22-33-21(34-40-22)15-6-9-19(17(12-15)26(30,31)32)38-13-14-4-7-16(8-5-14)25(27,28)29/h4-9,12,18,20,36H,10-11,13H2,1-3H3/t18-,20-/m0/s1. The summed E-state index contributed by atoms with van der Waals surface area (Å²) in [5, 5.41) is 14.2. The van der Waals surface area contributed by atoms with E-state index in [0.29, 0.717) is 0 Å². The largest absolute Gasteiger partial charge is 0.488 e. The van der Waals surface area contributed by atoms with Crippen LogP contribution in [0.2, 0.25) is 0 Å². The van der Waals surface area contributed by atoms with Crippen molar-refractivity contribution in [2.45, 2.75) is 63.9 Å². The number of ether oxygens (including phenoxy) is 2. The van der Waals surface area contributed by atoms with Crippen LogP contribution in [0.1, 0.15) is 55.8 Å². The number of aliphatic hydroxyl groups is 1. The zero-order valence-electron chi connectivity index (χ0n) is 21.5. The van der Waals surface area contributed by atoms with Gasteiger partial charge in [-0.3, -0.25) is 4.90 Å². The Labute approximate surface area is 224 Å². The lowest BCUT2D eigenvalue weighted by Gasteiger charge is -2.27. The molecule has 1 aliphatic rings. The Kier molecular flexibility index (Phi) is 7.76. The molecule has 2 heterocycles. The topological polar surface area (TPSA) is 97.9 Å². The predicted octanol–water partition coefficient (Wildman–Crippen LogP) is 6.40. The summed E-state index contributed by atoms with van der Waals surface area (Å²) in [5.41, 5.74) is -2.72. The van der Waals surface area contributed by atoms with Gasteiger partial charge in [0.15, 0.2) is 0 Å². The molecular weight excluding hydrogens is 548 g/mol. The maximum Gasteiger partial charge on any atom is 0.419 e. The molecule has 1 fully saturated rings. The summed E-state index contributed by atoms with van der Waals surface area (Å²) in [6.45, 7) is 4.75. The van der Waals surface area contributed by atoms with Crippen LogP contribution < -0.4 is 4.74 Å². The Morgan fingerprint density at radius 1 is 1.05 bits per heavy atom. The molecule has 14 heteroatoms. The second-order valence-corrected chi connectivity index (χ2v) is 10.1. The fraction of sp³-hybridized carbons (Fsp3) is 0.423. The smallest absolute Gasteiger partial charge is 0.419 e. The molecule has 0 bridgehead atoms. The van der Waals surface area contributed by atoms with Crippen molar-refractivity contribution in [2.75, 3.05) is 6.54 Å². The first-order valence-corrected chi connectivity index (χ1v) is 12.0. The lowest BCUT2D eigenvalue weighted by molar-refractivity contribution is -0.139. The summed E-state index contributed by atoms with van der Waals surface area (Å²) >= 11 is 0. The van der Waals surface area contributed by atoms with Crippen molar-refractivity contribution in [3.8, 4) is 17.1 Å². The minimum atomic E-state index is -4.85. The van der Waals surface area contributed by atoms with E-state index in [0.717, 1.165) is 36.4 Å². The van der Waals surface area contributed by atoms with Crippen LogP contribution >= 0.6 is 0 Å². The molecule has 1 aromatic heterocycles. The van der Waals surface area contributed by atoms with Gasteiger partial charge < -0.3 is 19.1 Å². The van der Waals surface area contributed by atoms with E-state index in [4.69, 9.17) is 14.0 Å². The molecule has 3 aromatic rings. The number of benzene rings is 2. The van der Waals surface area contributed by atoms with E-state index >= 15 is 0 Å². The molecule has 0 radical (unpaired) electrons. The van der Waals surface area contributed by atoms with E-state index in [9.17, 15) is 36.2 Å². The van der Waals surface area contributed by atoms with Crippen molar-refractivity contribution < 1.29 is 50.2 Å². The molecule has 2 aromatic carbocycles. The van der Waals surface area contributed by atoms with Gasteiger partial charge in [-0.25, -0.2) is 4.79 Å². The van der Waals surface area contributed by atoms with Gasteiger partial charge in [-0.15, -0.1) is 0 Å². The first-order valence-electron chi connectivity index (χ1n) is 12.0. The Bertz CT molecular complexity index is 1350. The van der Waals surface area contributed by atoms with Crippen LogP contribution in [-0.2, 0) is 23.7 Å². The van der Waals surface area contributed by atoms with Crippen LogP contribution in [-0.4, -0.2) is 44.5 Å². The number of rotatable bonds is 5. The summed E-state index contributed by atoms with van der Waals surface area (Å²) in [5.74, 6) is -0.956. The van der Waals surface area contributed by atoms with E-state index < -0.39 is 59.7 Å². The van der Waals surface area contributed by atoms with Crippen LogP contribution in [0.25, 0.3) is 11.4 Å². The molecule has 8 nitrogen and oxygen atoms in total. The SMILES string of the molecule is CC(C)(C)OC(=O)N1CC[C@H](O)[C@H]1c1nc(-c2ccc(OCc3ccc(C(F)(F)F)cc3)c(C(F)(F)F)c2)no1. The van der Waals surface area contributed by atoms with E-state index in [2.05, 4.69) is 10.1 Å². The quantitative estimate of drug-likeness (QED) is 0.353. The van der Waals surface area contributed by atoms with Gasteiger partial charge in [0.2, 0.25) is 5.82 Å². The third-order valence-electron chi connectivity index (χ3n) is 5.91. The summed E-state index contributed by atoms with van der Waals surface area (Å²) in [6, 6.07) is 5.83. The van der Waals surface area contributed by atoms with Crippen LogP contribution in [0.5, 0.6) is 5.75 Å². The van der Waals surface area contributed by atoms with Crippen LogP contribution in [0.3, 0.4) is 0 Å². The second-order valence-electron chi connectivity index (χ2n) is 10.1. The number of hydrogen-bond acceptors (Lipinski definition) is 7. The lowest BCUT2D eigenvalue weighted by Crippen LogP contribution is -2.38. The summed E-state index contributed by atoms with van der Waals surface area (Å²) < 4.78 is 95.7. The second kappa shape index (κ2) is 10.6. The molecule has 1 aliphatic heterocycles. The Morgan fingerprint density at radius 2 is 1.73 bits per heavy atom. The molecule has 0 unspecified atom stereocenters. The van der Waals surface area contributed by atoms with Gasteiger partial charge in [0.05, 0.1) is 17.2 Å². The van der Waals surface area contributed by atoms with Crippen molar-refractivity contribution in [3.05, 3.63) is 65.0 Å². The number of hydrogen-bond donors (Lipinski definition) is 1. The van der Waals surface area contributed by atoms with Crippen LogP contribution in [0.15, 0.2) is 47.0 Å². The lowest BCUT2D eigenvalue weighted by atomic mass is 10.1. The van der Waals surface area contributed by atoms with E-state index in [1.807, 2.05) is 0 Å². The van der Waals surface area contributed by atoms with E-state index in [1.54, 1.807) is 20.8 Å². The fourth-order valence-corrected chi connectivity index (χ4v) is 4.04. The van der Waals surface area contributed by atoms with Crippen molar-refractivity contribution in [1.29, 1.82) is 0 Å². The fourth-order valence-electron chi connectivity index (χ4n) is 4.04. The number of likely N-dealkylation sites (tertiary alicyclic amines) is 1. The number of amides is 1. The third kappa shape index (κ3) is 6.66. The predicted molar refractivity (Wildman–Crippen MR) is 127 cm³/mol. The van der Waals surface area contributed by atoms with Crippen molar-refractivity contribution >= 4 is 6.09 Å². The first-order chi connectivity index (χ1) is 18.5. The molecule has 0 spiro atoms. The molecule has 1 N–H and O–H groups in total. The van der Waals surface area contributed by atoms with Gasteiger partial charge in [-0.05, 0) is 63.1 Å². The molecule has 4 rings (SSSR count). The minimum absolute atomic E-state index is 0.0829. The highest BCUT2D eigenvalue weighted by atomic mass is 19.4. The van der Waals surface area contributed by atoms with Gasteiger partial charge in [-0.1, -0.05) is 17.3 Å². The number of carbonyl (C=O) groups is 1. The molecule has 1 amide bonds. The van der Waals surface area contributed by atoms with Gasteiger partial charge in [-0.2, -0.15) is 31.3 Å². The Morgan fingerprint density at radius 3 is 2.33 bits per heavy atom. The maximum absolute atomic E-state index is 13.9. The van der Waals surface area contributed by atoms with Crippen LogP contribution in [0.4, 0.5) is 31.1 Å². The molecular formula is C26H25F6N3O5. The number of nitrogens with zero attached hydrogens (tertiary/aromatic N) is 3. The average Bonchev–Trinajstić information content (AvgIpc) is 3.47. The number of carbonyl (C=O) groups excluding carboxylic acids is 1. The normalized spacial score (nSPS) is 18.2. The van der Waals surface area contributed by atoms with E-state index in [-0.39, 0.29) is 35.8 Å². The molecule has 40 heavy (non-hydrogen) atoms. The number of halogens is 6. The van der Waals surface area contributed by atoms with Crippen molar-refractivity contribution in [1.82, 2.24) is 15.0 Å². The van der Waals surface area contributed by atoms with Crippen LogP contribution in [0, 0.1) is 0 Å². The summed E-state index contributed by atoms with van der Waals surface area (Å²) in [4.78, 5) is 17.9. The first kappa shape index (κ1) is 29.2. The van der Waals surface area contributed by atoms with Crippen molar-refractivity contribution in [3.63, 3.8) is 0 Å².